The van der Waals surface area contributed by atoms with Crippen LogP contribution in [0.3, 0.4) is 0 Å². The quantitative estimate of drug-likeness (QED) is 0.402. The number of aromatic amines is 1. The number of pyridine rings is 1. The van der Waals surface area contributed by atoms with Crippen molar-refractivity contribution in [3.05, 3.63) is 59.3 Å². The van der Waals surface area contributed by atoms with Gasteiger partial charge in [-0.3, -0.25) is 10.00 Å². The van der Waals surface area contributed by atoms with Crippen LogP contribution in [0.2, 0.25) is 0 Å². The van der Waals surface area contributed by atoms with Crippen molar-refractivity contribution in [1.82, 2.24) is 29.7 Å². The van der Waals surface area contributed by atoms with Gasteiger partial charge in [0.15, 0.2) is 5.65 Å². The van der Waals surface area contributed by atoms with Gasteiger partial charge in [0.1, 0.15) is 12.1 Å². The maximum atomic E-state index is 14.8. The minimum Gasteiger partial charge on any atom is -0.297 e. The number of fused-ring (bicyclic) bond motifs is 1. The van der Waals surface area contributed by atoms with Crippen molar-refractivity contribution >= 4 is 5.65 Å². The average Bonchev–Trinajstić information content (AvgIpc) is 3.42. The Hall–Kier alpha value is -3.06. The number of nitrogens with one attached hydrogen (secondary N) is 1. The summed E-state index contributed by atoms with van der Waals surface area (Å²) < 4.78 is 16.6. The molecule has 0 amide bonds. The zero-order valence-corrected chi connectivity index (χ0v) is 19.6. The topological polar surface area (TPSA) is 62.1 Å². The van der Waals surface area contributed by atoms with Gasteiger partial charge in [-0.05, 0) is 62.7 Å². The minimum absolute atomic E-state index is 0.0109. The van der Waals surface area contributed by atoms with Gasteiger partial charge in [0.2, 0.25) is 0 Å². The summed E-state index contributed by atoms with van der Waals surface area (Å²) in [6.07, 6.45) is 3.53. The average molecular weight is 435 g/mol. The second-order valence-corrected chi connectivity index (χ2v) is 8.59. The molecular formula is C25H31FN6. The SMILES string of the molecule is CCN(CC)[C@@H](C)c1cc(-c2n[nH]c(-c3cc(C)c4ncnn4c3)c2C(C)C)ccc1F. The van der Waals surface area contributed by atoms with Crippen LogP contribution >= 0.6 is 0 Å². The Kier molecular flexibility index (Phi) is 6.11. The first-order valence-electron chi connectivity index (χ1n) is 11.3. The zero-order valence-electron chi connectivity index (χ0n) is 19.6. The van der Waals surface area contributed by atoms with Crippen molar-refractivity contribution in [2.75, 3.05) is 13.1 Å². The van der Waals surface area contributed by atoms with Crippen LogP contribution in [0.1, 0.15) is 63.3 Å². The summed E-state index contributed by atoms with van der Waals surface area (Å²) >= 11 is 0. The van der Waals surface area contributed by atoms with Crippen LogP contribution in [-0.2, 0) is 0 Å². The van der Waals surface area contributed by atoms with E-state index >= 15 is 0 Å². The van der Waals surface area contributed by atoms with Crippen molar-refractivity contribution in [3.8, 4) is 22.5 Å². The van der Waals surface area contributed by atoms with Crippen LogP contribution in [0.4, 0.5) is 4.39 Å². The highest BCUT2D eigenvalue weighted by atomic mass is 19.1. The largest absolute Gasteiger partial charge is 0.297 e. The van der Waals surface area contributed by atoms with Crippen LogP contribution in [-0.4, -0.2) is 42.8 Å². The van der Waals surface area contributed by atoms with Crippen LogP contribution in [0.5, 0.6) is 0 Å². The Morgan fingerprint density at radius 2 is 1.84 bits per heavy atom. The molecule has 0 radical (unpaired) electrons. The number of halogens is 1. The van der Waals surface area contributed by atoms with Gasteiger partial charge in [0.25, 0.3) is 0 Å². The Morgan fingerprint density at radius 1 is 1.09 bits per heavy atom. The second kappa shape index (κ2) is 8.82. The molecule has 1 aromatic carbocycles. The molecule has 1 atom stereocenters. The molecule has 7 heteroatoms. The number of hydrogen-bond donors (Lipinski definition) is 1. The van der Waals surface area contributed by atoms with Crippen molar-refractivity contribution < 1.29 is 4.39 Å². The molecule has 0 saturated heterocycles. The second-order valence-electron chi connectivity index (χ2n) is 8.59. The number of rotatable bonds is 7. The molecule has 32 heavy (non-hydrogen) atoms. The lowest BCUT2D eigenvalue weighted by Crippen LogP contribution is -2.27. The Balaban J connectivity index is 1.83. The van der Waals surface area contributed by atoms with E-state index in [0.717, 1.165) is 52.4 Å². The minimum atomic E-state index is -0.178. The lowest BCUT2D eigenvalue weighted by Gasteiger charge is -2.27. The first-order chi connectivity index (χ1) is 15.3. The van der Waals surface area contributed by atoms with E-state index in [-0.39, 0.29) is 17.8 Å². The number of nitrogens with zero attached hydrogens (tertiary/aromatic N) is 5. The number of aromatic nitrogens is 5. The van der Waals surface area contributed by atoms with E-state index < -0.39 is 0 Å². The maximum Gasteiger partial charge on any atom is 0.158 e. The molecule has 0 unspecified atom stereocenters. The van der Waals surface area contributed by atoms with Crippen LogP contribution in [0, 0.1) is 12.7 Å². The highest BCUT2D eigenvalue weighted by molar-refractivity contribution is 5.76. The van der Waals surface area contributed by atoms with Crippen molar-refractivity contribution in [1.29, 1.82) is 0 Å². The molecule has 3 aromatic heterocycles. The van der Waals surface area contributed by atoms with Crippen molar-refractivity contribution in [3.63, 3.8) is 0 Å². The molecule has 1 N–H and O–H groups in total. The molecule has 4 rings (SSSR count). The summed E-state index contributed by atoms with van der Waals surface area (Å²) in [5, 5.41) is 12.2. The van der Waals surface area contributed by atoms with E-state index in [1.54, 1.807) is 16.9 Å². The lowest BCUT2D eigenvalue weighted by atomic mass is 9.92. The van der Waals surface area contributed by atoms with Crippen LogP contribution < -0.4 is 0 Å². The highest BCUT2D eigenvalue weighted by Gasteiger charge is 2.23. The van der Waals surface area contributed by atoms with Crippen LogP contribution in [0.15, 0.2) is 36.8 Å². The number of hydrogen-bond acceptors (Lipinski definition) is 4. The third-order valence-electron chi connectivity index (χ3n) is 6.31. The van der Waals surface area contributed by atoms with E-state index in [9.17, 15) is 4.39 Å². The molecule has 0 spiro atoms. The summed E-state index contributed by atoms with van der Waals surface area (Å²) in [4.78, 5) is 6.56. The van der Waals surface area contributed by atoms with E-state index in [2.05, 4.69) is 60.8 Å². The van der Waals surface area contributed by atoms with Gasteiger partial charge in [0.05, 0.1) is 11.4 Å². The Morgan fingerprint density at radius 3 is 2.53 bits per heavy atom. The summed E-state index contributed by atoms with van der Waals surface area (Å²) in [7, 11) is 0. The Labute approximate surface area is 188 Å². The molecule has 168 valence electrons. The predicted octanol–water partition coefficient (Wildman–Crippen LogP) is 5.76. The fourth-order valence-electron chi connectivity index (χ4n) is 4.56. The summed E-state index contributed by atoms with van der Waals surface area (Å²) in [6.45, 7) is 14.3. The number of aryl methyl sites for hydroxylation is 1. The van der Waals surface area contributed by atoms with Crippen molar-refractivity contribution in [2.24, 2.45) is 0 Å². The monoisotopic (exact) mass is 434 g/mol. The molecular weight excluding hydrogens is 403 g/mol. The van der Waals surface area contributed by atoms with Gasteiger partial charge in [-0.25, -0.2) is 13.9 Å². The van der Waals surface area contributed by atoms with Gasteiger partial charge < -0.3 is 0 Å². The molecule has 0 saturated carbocycles. The molecule has 3 heterocycles. The van der Waals surface area contributed by atoms with E-state index in [1.165, 1.54) is 0 Å². The third-order valence-corrected chi connectivity index (χ3v) is 6.31. The molecule has 0 aliphatic heterocycles. The van der Waals surface area contributed by atoms with Gasteiger partial charge >= 0.3 is 0 Å². The number of H-pyrrole nitrogens is 1. The summed E-state index contributed by atoms with van der Waals surface area (Å²) in [5.74, 6) is 0.0430. The van der Waals surface area contributed by atoms with Crippen molar-refractivity contribution in [2.45, 2.75) is 53.5 Å². The smallest absolute Gasteiger partial charge is 0.158 e. The Bertz CT molecular complexity index is 1230. The van der Waals surface area contributed by atoms with E-state index in [1.807, 2.05) is 25.3 Å². The normalized spacial score (nSPS) is 12.9. The first-order valence-corrected chi connectivity index (χ1v) is 11.3. The first kappa shape index (κ1) is 22.1. The zero-order chi connectivity index (χ0) is 23.0. The van der Waals surface area contributed by atoms with Gasteiger partial charge in [0, 0.05) is 34.5 Å². The molecule has 0 fully saturated rings. The molecule has 0 bridgehead atoms. The fraction of sp³-hybridized carbons (Fsp3) is 0.400. The molecule has 0 aliphatic carbocycles. The predicted molar refractivity (Wildman–Crippen MR) is 126 cm³/mol. The fourth-order valence-corrected chi connectivity index (χ4v) is 4.56. The van der Waals surface area contributed by atoms with Gasteiger partial charge in [-0.15, -0.1) is 0 Å². The van der Waals surface area contributed by atoms with Crippen LogP contribution in [0.25, 0.3) is 28.2 Å². The van der Waals surface area contributed by atoms with E-state index in [0.29, 0.717) is 5.56 Å². The highest BCUT2D eigenvalue weighted by Crippen LogP contribution is 2.37. The lowest BCUT2D eigenvalue weighted by molar-refractivity contribution is 0.230. The van der Waals surface area contributed by atoms with Gasteiger partial charge in [-0.2, -0.15) is 10.2 Å². The molecule has 6 nitrogen and oxygen atoms in total. The standard InChI is InChI=1S/C25H31FN6/c1-7-31(8-2)17(6)20-12-18(9-10-21(20)26)23-22(15(3)4)24(30-29-23)19-11-16(5)25-27-14-28-32(25)13-19/h9-15,17H,7-8H2,1-6H3,(H,29,30)/t17-/m0/s1. The summed E-state index contributed by atoms with van der Waals surface area (Å²) in [6, 6.07) is 7.44. The molecule has 0 aliphatic rings. The van der Waals surface area contributed by atoms with E-state index in [4.69, 9.17) is 5.10 Å². The maximum absolute atomic E-state index is 14.8. The number of benzene rings is 1. The third kappa shape index (κ3) is 3.81. The molecule has 4 aromatic rings. The van der Waals surface area contributed by atoms with Gasteiger partial charge in [-0.1, -0.05) is 27.7 Å². The summed E-state index contributed by atoms with van der Waals surface area (Å²) in [5.41, 5.74) is 7.43.